The number of alkyl halides is 2. The molecule has 0 bridgehead atoms. The van der Waals surface area contributed by atoms with Crippen molar-refractivity contribution >= 4 is 46.1 Å². The predicted molar refractivity (Wildman–Crippen MR) is 117 cm³/mol. The standard InChI is InChI=1S/C9H14O3.C8H22O2Si2.CH2Cl2/c1-5-2-8-6(7(5)4-10)3-9(11)12-8;1-11(2,3)9-7-8-10-12(4,5)6;2-1-3/h4-9,11H,2-3H2,1H3;7-8H2,1-6H3;1H2/t5?,6-,7+,8+,9-;;/m1../s1. The van der Waals surface area contributed by atoms with E-state index in [1.165, 1.54) is 0 Å². The fraction of sp³-hybridized carbons (Fsp3) is 0.944. The van der Waals surface area contributed by atoms with Crippen molar-refractivity contribution in [3.8, 4) is 0 Å². The first-order valence-electron chi connectivity index (χ1n) is 9.53. The van der Waals surface area contributed by atoms with Crippen LogP contribution in [0.5, 0.6) is 0 Å². The van der Waals surface area contributed by atoms with Crippen LogP contribution in [0.1, 0.15) is 19.8 Å². The zero-order valence-electron chi connectivity index (χ0n) is 17.8. The Morgan fingerprint density at radius 2 is 1.48 bits per heavy atom. The number of fused-ring (bicyclic) bond motifs is 1. The molecule has 1 unspecified atom stereocenters. The second kappa shape index (κ2) is 13.0. The Labute approximate surface area is 177 Å². The van der Waals surface area contributed by atoms with Gasteiger partial charge in [0.05, 0.1) is 24.7 Å². The minimum atomic E-state index is -1.32. The lowest BCUT2D eigenvalue weighted by molar-refractivity contribution is -0.113. The average molecular weight is 462 g/mol. The Morgan fingerprint density at radius 1 is 1.04 bits per heavy atom. The smallest absolute Gasteiger partial charge is 0.183 e. The Bertz CT molecular complexity index is 400. The summed E-state index contributed by atoms with van der Waals surface area (Å²) in [5, 5.41) is 9.39. The van der Waals surface area contributed by atoms with Gasteiger partial charge >= 0.3 is 0 Å². The van der Waals surface area contributed by atoms with Crippen molar-refractivity contribution in [2.24, 2.45) is 17.8 Å². The van der Waals surface area contributed by atoms with Gasteiger partial charge in [-0.05, 0) is 57.5 Å². The van der Waals surface area contributed by atoms with Crippen molar-refractivity contribution in [2.75, 3.05) is 18.6 Å². The van der Waals surface area contributed by atoms with Gasteiger partial charge in [-0.2, -0.15) is 0 Å². The molecule has 162 valence electrons. The third-order valence-corrected chi connectivity index (χ3v) is 6.49. The SMILES string of the molecule is CC1C[C@@H]2O[C@@H](O)C[C@@H]2[C@H]1C=O.C[Si](C)(C)OCCO[Si](C)(C)C.ClCCl. The molecule has 1 saturated heterocycles. The highest BCUT2D eigenvalue weighted by Gasteiger charge is 2.47. The summed E-state index contributed by atoms with van der Waals surface area (Å²) in [5.41, 5.74) is 0. The fourth-order valence-corrected chi connectivity index (χ4v) is 4.65. The number of ether oxygens (including phenoxy) is 1. The number of hydrogen-bond acceptors (Lipinski definition) is 5. The minimum absolute atomic E-state index is 0.104. The van der Waals surface area contributed by atoms with Gasteiger partial charge in [0, 0.05) is 12.3 Å². The van der Waals surface area contributed by atoms with Gasteiger partial charge in [-0.25, -0.2) is 0 Å². The molecule has 2 rings (SSSR count). The van der Waals surface area contributed by atoms with Gasteiger partial charge in [0.25, 0.3) is 0 Å². The molecule has 1 saturated carbocycles. The van der Waals surface area contributed by atoms with Crippen molar-refractivity contribution < 1.29 is 23.5 Å². The Kier molecular flexibility index (Phi) is 13.2. The van der Waals surface area contributed by atoms with E-state index < -0.39 is 22.9 Å². The molecule has 2 fully saturated rings. The van der Waals surface area contributed by atoms with E-state index in [4.69, 9.17) is 36.8 Å². The maximum absolute atomic E-state index is 10.7. The van der Waals surface area contributed by atoms with E-state index >= 15 is 0 Å². The molecule has 0 radical (unpaired) electrons. The number of aliphatic hydroxyl groups excluding tert-OH is 1. The first-order chi connectivity index (χ1) is 12.3. The van der Waals surface area contributed by atoms with Crippen molar-refractivity contribution in [3.63, 3.8) is 0 Å². The average Bonchev–Trinajstić information content (AvgIpc) is 2.97. The van der Waals surface area contributed by atoms with Gasteiger partial charge < -0.3 is 23.5 Å². The summed E-state index contributed by atoms with van der Waals surface area (Å²) in [6.07, 6.45) is 2.08. The molecule has 1 heterocycles. The van der Waals surface area contributed by atoms with Gasteiger partial charge in [0.2, 0.25) is 0 Å². The number of carbonyl (C=O) groups is 1. The van der Waals surface area contributed by atoms with E-state index in [1.807, 2.05) is 0 Å². The zero-order valence-corrected chi connectivity index (χ0v) is 21.3. The van der Waals surface area contributed by atoms with E-state index in [2.05, 4.69) is 46.2 Å². The first kappa shape index (κ1) is 27.5. The molecule has 9 heteroatoms. The number of carbonyl (C=O) groups excluding carboxylic acids is 1. The summed E-state index contributed by atoms with van der Waals surface area (Å²) in [6, 6.07) is 0. The number of aldehydes is 1. The largest absolute Gasteiger partial charge is 0.415 e. The van der Waals surface area contributed by atoms with Crippen LogP contribution in [0.2, 0.25) is 39.3 Å². The summed E-state index contributed by atoms with van der Waals surface area (Å²) in [5.74, 6) is 0.796. The van der Waals surface area contributed by atoms with E-state index in [1.54, 1.807) is 0 Å². The summed E-state index contributed by atoms with van der Waals surface area (Å²) in [7, 11) is -2.64. The molecule has 5 nitrogen and oxygen atoms in total. The Balaban J connectivity index is 0.000000438. The molecule has 0 amide bonds. The van der Waals surface area contributed by atoms with Crippen molar-refractivity contribution in [1.82, 2.24) is 0 Å². The molecular weight excluding hydrogens is 423 g/mol. The lowest BCUT2D eigenvalue weighted by Crippen LogP contribution is -2.31. The van der Waals surface area contributed by atoms with Gasteiger partial charge in [-0.15, -0.1) is 23.2 Å². The number of rotatable bonds is 6. The molecule has 0 aromatic heterocycles. The third kappa shape index (κ3) is 12.6. The molecule has 0 spiro atoms. The van der Waals surface area contributed by atoms with Crippen LogP contribution in [0.25, 0.3) is 0 Å². The van der Waals surface area contributed by atoms with Crippen molar-refractivity contribution in [3.05, 3.63) is 0 Å². The normalized spacial score (nSPS) is 29.9. The second-order valence-corrected chi connectivity index (χ2v) is 18.8. The lowest BCUT2D eigenvalue weighted by atomic mass is 9.90. The summed E-state index contributed by atoms with van der Waals surface area (Å²) >= 11 is 9.53. The number of halogens is 2. The molecule has 0 aromatic carbocycles. The van der Waals surface area contributed by atoms with Crippen LogP contribution in [0.15, 0.2) is 0 Å². The quantitative estimate of drug-likeness (QED) is 0.269. The first-order valence-corrected chi connectivity index (χ1v) is 17.4. The van der Waals surface area contributed by atoms with Crippen LogP contribution in [-0.2, 0) is 18.4 Å². The van der Waals surface area contributed by atoms with E-state index in [0.29, 0.717) is 12.3 Å². The summed E-state index contributed by atoms with van der Waals surface area (Å²) < 4.78 is 16.6. The molecular formula is C18H38Cl2O5Si2. The van der Waals surface area contributed by atoms with E-state index in [-0.39, 0.29) is 23.3 Å². The second-order valence-electron chi connectivity index (χ2n) is 8.98. The van der Waals surface area contributed by atoms with Crippen LogP contribution in [0, 0.1) is 17.8 Å². The van der Waals surface area contributed by atoms with Crippen molar-refractivity contribution in [1.29, 1.82) is 0 Å². The van der Waals surface area contributed by atoms with Gasteiger partial charge in [-0.1, -0.05) is 6.92 Å². The maximum Gasteiger partial charge on any atom is 0.183 e. The highest BCUT2D eigenvalue weighted by Crippen LogP contribution is 2.44. The molecule has 0 aromatic rings. The van der Waals surface area contributed by atoms with Crippen LogP contribution < -0.4 is 0 Å². The van der Waals surface area contributed by atoms with E-state index in [0.717, 1.165) is 25.9 Å². The monoisotopic (exact) mass is 460 g/mol. The Morgan fingerprint density at radius 3 is 1.85 bits per heavy atom. The number of aliphatic hydroxyl groups is 1. The fourth-order valence-electron chi connectivity index (χ4n) is 3.25. The topological polar surface area (TPSA) is 65.0 Å². The molecule has 1 N–H and O–H groups in total. The summed E-state index contributed by atoms with van der Waals surface area (Å²) in [4.78, 5) is 10.7. The van der Waals surface area contributed by atoms with Crippen LogP contribution in [-0.4, -0.2) is 59.0 Å². The highest BCUT2D eigenvalue weighted by molar-refractivity contribution is 6.70. The van der Waals surface area contributed by atoms with Crippen LogP contribution in [0.4, 0.5) is 0 Å². The van der Waals surface area contributed by atoms with Crippen LogP contribution in [0.3, 0.4) is 0 Å². The van der Waals surface area contributed by atoms with Gasteiger partial charge in [0.15, 0.2) is 22.9 Å². The van der Waals surface area contributed by atoms with Gasteiger partial charge in [-0.3, -0.25) is 0 Å². The minimum Gasteiger partial charge on any atom is -0.415 e. The zero-order chi connectivity index (χ0) is 21.3. The molecule has 5 atom stereocenters. The van der Waals surface area contributed by atoms with E-state index in [9.17, 15) is 9.90 Å². The van der Waals surface area contributed by atoms with Crippen LogP contribution >= 0.6 is 23.2 Å². The third-order valence-electron chi connectivity index (χ3n) is 4.35. The molecule has 2 aliphatic rings. The number of hydrogen-bond donors (Lipinski definition) is 1. The summed E-state index contributed by atoms with van der Waals surface area (Å²) in [6.45, 7) is 16.8. The van der Waals surface area contributed by atoms with Crippen molar-refractivity contribution in [2.45, 2.75) is 71.4 Å². The predicted octanol–water partition coefficient (Wildman–Crippen LogP) is 4.68. The molecule has 1 aliphatic heterocycles. The molecule has 27 heavy (non-hydrogen) atoms. The molecule has 1 aliphatic carbocycles. The Hall–Kier alpha value is 0.524. The van der Waals surface area contributed by atoms with Gasteiger partial charge in [0.1, 0.15) is 6.29 Å². The highest BCUT2D eigenvalue weighted by atomic mass is 35.5. The lowest BCUT2D eigenvalue weighted by Gasteiger charge is -2.21. The maximum atomic E-state index is 10.7.